The number of nitrogens with zero attached hydrogens (tertiary/aromatic N) is 1. The molecule has 0 bridgehead atoms. The Labute approximate surface area is 124 Å². The van der Waals surface area contributed by atoms with E-state index in [0.717, 1.165) is 0 Å². The van der Waals surface area contributed by atoms with Crippen LogP contribution < -0.4 is 15.0 Å². The summed E-state index contributed by atoms with van der Waals surface area (Å²) >= 11 is 0. The molecule has 0 aliphatic carbocycles. The number of benzene rings is 1. The van der Waals surface area contributed by atoms with Crippen LogP contribution in [0.5, 0.6) is 5.75 Å². The minimum absolute atomic E-state index is 0.0267. The fraction of sp³-hybridized carbons (Fsp3) is 0.375. The Kier molecular flexibility index (Phi) is 4.02. The topological polar surface area (TPSA) is 58.6 Å². The molecule has 112 valence electrons. The summed E-state index contributed by atoms with van der Waals surface area (Å²) in [6.07, 6.45) is 1.67. The second kappa shape index (κ2) is 5.60. The van der Waals surface area contributed by atoms with Crippen molar-refractivity contribution in [3.8, 4) is 5.75 Å². The van der Waals surface area contributed by atoms with Crippen molar-refractivity contribution in [1.29, 1.82) is 0 Å². The molecule has 0 atom stereocenters. The predicted octanol–water partition coefficient (Wildman–Crippen LogP) is 2.58. The lowest BCUT2D eigenvalue weighted by molar-refractivity contribution is -0.127. The molecule has 1 aliphatic rings. The van der Waals surface area contributed by atoms with E-state index >= 15 is 0 Å². The average Bonchev–Trinajstić information content (AvgIpc) is 2.49. The summed E-state index contributed by atoms with van der Waals surface area (Å²) < 4.78 is 5.76. The summed E-state index contributed by atoms with van der Waals surface area (Å²) in [5.41, 5.74) is 0.666. The minimum atomic E-state index is -0.615. The van der Waals surface area contributed by atoms with Gasteiger partial charge >= 0.3 is 0 Å². The quantitative estimate of drug-likeness (QED) is 0.870. The van der Waals surface area contributed by atoms with Crippen LogP contribution in [0.2, 0.25) is 0 Å². The summed E-state index contributed by atoms with van der Waals surface area (Å²) in [5, 5.41) is 2.72. The largest absolute Gasteiger partial charge is 0.490 e. The lowest BCUT2D eigenvalue weighted by Gasteiger charge is -2.27. The Bertz CT molecular complexity index is 593. The molecule has 2 amide bonds. The van der Waals surface area contributed by atoms with Crippen molar-refractivity contribution in [2.75, 3.05) is 23.4 Å². The molecule has 0 saturated heterocycles. The zero-order valence-electron chi connectivity index (χ0n) is 12.6. The van der Waals surface area contributed by atoms with Crippen molar-refractivity contribution in [2.45, 2.75) is 20.8 Å². The Morgan fingerprint density at radius 2 is 2.24 bits per heavy atom. The summed E-state index contributed by atoms with van der Waals surface area (Å²) in [5.74, 6) is 0.442. The second-order valence-corrected chi connectivity index (χ2v) is 5.74. The molecule has 0 radical (unpaired) electrons. The molecule has 1 N–H and O–H groups in total. The molecule has 21 heavy (non-hydrogen) atoms. The standard InChI is InChI=1S/C16H20N2O3/c1-5-8-18-13-9-12(17-11(2)19)6-7-14(13)21-10-16(3,4)15(18)20/h5-7,9H,1,8,10H2,2-4H3,(H,17,19). The zero-order chi connectivity index (χ0) is 15.6. The first kappa shape index (κ1) is 15.1. The molecule has 5 heteroatoms. The molecule has 5 nitrogen and oxygen atoms in total. The van der Waals surface area contributed by atoms with Gasteiger partial charge in [-0.15, -0.1) is 6.58 Å². The molecule has 2 rings (SSSR count). The number of rotatable bonds is 3. The number of ether oxygens (including phenoxy) is 1. The summed E-state index contributed by atoms with van der Waals surface area (Å²) in [7, 11) is 0. The Balaban J connectivity index is 2.49. The van der Waals surface area contributed by atoms with Crippen LogP contribution in [0, 0.1) is 5.41 Å². The second-order valence-electron chi connectivity index (χ2n) is 5.74. The predicted molar refractivity (Wildman–Crippen MR) is 82.6 cm³/mol. The van der Waals surface area contributed by atoms with Gasteiger partial charge in [0.25, 0.3) is 0 Å². The van der Waals surface area contributed by atoms with E-state index in [-0.39, 0.29) is 11.8 Å². The van der Waals surface area contributed by atoms with Crippen LogP contribution in [0.1, 0.15) is 20.8 Å². The molecular weight excluding hydrogens is 268 g/mol. The smallest absolute Gasteiger partial charge is 0.236 e. The van der Waals surface area contributed by atoms with E-state index < -0.39 is 5.41 Å². The molecule has 1 aliphatic heterocycles. The monoisotopic (exact) mass is 288 g/mol. The third-order valence-electron chi connectivity index (χ3n) is 3.29. The van der Waals surface area contributed by atoms with E-state index in [1.54, 1.807) is 29.2 Å². The maximum Gasteiger partial charge on any atom is 0.236 e. The van der Waals surface area contributed by atoms with Crippen molar-refractivity contribution < 1.29 is 14.3 Å². The van der Waals surface area contributed by atoms with Crippen LogP contribution in [0.3, 0.4) is 0 Å². The number of fused-ring (bicyclic) bond motifs is 1. The number of hydrogen-bond donors (Lipinski definition) is 1. The highest BCUT2D eigenvalue weighted by Crippen LogP contribution is 2.38. The molecule has 0 fully saturated rings. The normalized spacial score (nSPS) is 16.5. The van der Waals surface area contributed by atoms with Crippen molar-refractivity contribution in [2.24, 2.45) is 5.41 Å². The highest BCUT2D eigenvalue weighted by atomic mass is 16.5. The van der Waals surface area contributed by atoms with Gasteiger partial charge < -0.3 is 15.0 Å². The maximum atomic E-state index is 12.7. The van der Waals surface area contributed by atoms with Crippen molar-refractivity contribution >= 4 is 23.2 Å². The van der Waals surface area contributed by atoms with Crippen LogP contribution in [-0.4, -0.2) is 25.0 Å². The number of carbonyl (C=O) groups is 2. The highest BCUT2D eigenvalue weighted by molar-refractivity contribution is 6.00. The fourth-order valence-electron chi connectivity index (χ4n) is 2.24. The third-order valence-corrected chi connectivity index (χ3v) is 3.29. The van der Waals surface area contributed by atoms with E-state index in [4.69, 9.17) is 4.74 Å². The fourth-order valence-corrected chi connectivity index (χ4v) is 2.24. The number of nitrogens with one attached hydrogen (secondary N) is 1. The van der Waals surface area contributed by atoms with Gasteiger partial charge in [-0.05, 0) is 32.0 Å². The van der Waals surface area contributed by atoms with Crippen molar-refractivity contribution in [3.05, 3.63) is 30.9 Å². The van der Waals surface area contributed by atoms with E-state index in [1.165, 1.54) is 6.92 Å². The van der Waals surface area contributed by atoms with E-state index in [0.29, 0.717) is 30.3 Å². The van der Waals surface area contributed by atoms with Crippen LogP contribution in [0.25, 0.3) is 0 Å². The van der Waals surface area contributed by atoms with Gasteiger partial charge in [0.2, 0.25) is 11.8 Å². The van der Waals surface area contributed by atoms with Crippen LogP contribution in [-0.2, 0) is 9.59 Å². The molecule has 1 aromatic rings. The summed E-state index contributed by atoms with van der Waals surface area (Å²) in [4.78, 5) is 25.5. The van der Waals surface area contributed by atoms with Gasteiger partial charge in [0.1, 0.15) is 12.4 Å². The Morgan fingerprint density at radius 1 is 1.52 bits per heavy atom. The van der Waals surface area contributed by atoms with Crippen LogP contribution in [0.4, 0.5) is 11.4 Å². The molecule has 0 unspecified atom stereocenters. The van der Waals surface area contributed by atoms with Gasteiger partial charge in [0.05, 0.1) is 11.1 Å². The maximum absolute atomic E-state index is 12.7. The van der Waals surface area contributed by atoms with Crippen LogP contribution in [0.15, 0.2) is 30.9 Å². The van der Waals surface area contributed by atoms with E-state index in [9.17, 15) is 9.59 Å². The third kappa shape index (κ3) is 3.07. The number of hydrogen-bond acceptors (Lipinski definition) is 3. The SMILES string of the molecule is C=CCN1C(=O)C(C)(C)COc2ccc(NC(C)=O)cc21. The van der Waals surface area contributed by atoms with Crippen molar-refractivity contribution in [1.82, 2.24) is 0 Å². The van der Waals surface area contributed by atoms with E-state index in [2.05, 4.69) is 11.9 Å². The van der Waals surface area contributed by atoms with Crippen LogP contribution >= 0.6 is 0 Å². The Morgan fingerprint density at radius 3 is 2.86 bits per heavy atom. The van der Waals surface area contributed by atoms with Crippen molar-refractivity contribution in [3.63, 3.8) is 0 Å². The zero-order valence-corrected chi connectivity index (χ0v) is 12.6. The van der Waals surface area contributed by atoms with Gasteiger partial charge in [-0.25, -0.2) is 0 Å². The lowest BCUT2D eigenvalue weighted by atomic mass is 9.93. The highest BCUT2D eigenvalue weighted by Gasteiger charge is 2.37. The minimum Gasteiger partial charge on any atom is -0.490 e. The lowest BCUT2D eigenvalue weighted by Crippen LogP contribution is -2.42. The number of anilines is 2. The number of carbonyl (C=O) groups excluding carboxylic acids is 2. The van der Waals surface area contributed by atoms with E-state index in [1.807, 2.05) is 13.8 Å². The van der Waals surface area contributed by atoms with Gasteiger partial charge in [-0.3, -0.25) is 9.59 Å². The summed E-state index contributed by atoms with van der Waals surface area (Å²) in [6.45, 7) is 9.56. The first-order chi connectivity index (χ1) is 9.85. The van der Waals surface area contributed by atoms with Gasteiger partial charge in [-0.1, -0.05) is 6.08 Å². The first-order valence-corrected chi connectivity index (χ1v) is 6.82. The van der Waals surface area contributed by atoms with Gasteiger partial charge in [0, 0.05) is 19.2 Å². The molecular formula is C16H20N2O3. The molecule has 1 heterocycles. The molecule has 0 spiro atoms. The molecule has 0 saturated carbocycles. The summed E-state index contributed by atoms with van der Waals surface area (Å²) in [6, 6.07) is 5.28. The molecule has 1 aromatic carbocycles. The van der Waals surface area contributed by atoms with Gasteiger partial charge in [-0.2, -0.15) is 0 Å². The Hall–Kier alpha value is -2.30. The average molecular weight is 288 g/mol. The first-order valence-electron chi connectivity index (χ1n) is 6.82. The number of amides is 2. The van der Waals surface area contributed by atoms with Gasteiger partial charge in [0.15, 0.2) is 0 Å². The molecule has 0 aromatic heterocycles.